The lowest BCUT2D eigenvalue weighted by Gasteiger charge is -2.34. The molecule has 1 unspecified atom stereocenters. The normalized spacial score (nSPS) is 14.8. The van der Waals surface area contributed by atoms with Crippen molar-refractivity contribution < 1.29 is 9.13 Å². The summed E-state index contributed by atoms with van der Waals surface area (Å²) in [6.45, 7) is 11.9. The average Bonchev–Trinajstić information content (AvgIpc) is 2.36. The molecule has 0 saturated carbocycles. The van der Waals surface area contributed by atoms with Gasteiger partial charge in [-0.1, -0.05) is 26.3 Å². The molecule has 1 aromatic rings. The molecule has 3 heteroatoms. The third-order valence-electron chi connectivity index (χ3n) is 3.75. The number of benzene rings is 1. The summed E-state index contributed by atoms with van der Waals surface area (Å²) >= 11 is 0. The summed E-state index contributed by atoms with van der Waals surface area (Å²) in [5, 5.41) is 3.59. The molecule has 1 rings (SSSR count). The Morgan fingerprint density at radius 1 is 1.19 bits per heavy atom. The molecule has 0 aromatic heterocycles. The summed E-state index contributed by atoms with van der Waals surface area (Å²) in [7, 11) is 1.49. The minimum atomic E-state index is -0.280. The minimum Gasteiger partial charge on any atom is -0.494 e. The van der Waals surface area contributed by atoms with Crippen LogP contribution in [0.15, 0.2) is 18.2 Å². The maximum absolute atomic E-state index is 13.8. The van der Waals surface area contributed by atoms with Gasteiger partial charge < -0.3 is 10.1 Å². The van der Waals surface area contributed by atoms with E-state index in [4.69, 9.17) is 4.74 Å². The number of hydrogen-bond acceptors (Lipinski definition) is 2. The SMILES string of the molecule is CCCC(C)(CNC(C)(C)C)Cc1ccc(OC)c(F)c1. The van der Waals surface area contributed by atoms with Crippen LogP contribution in [0.3, 0.4) is 0 Å². The van der Waals surface area contributed by atoms with E-state index in [0.717, 1.165) is 31.4 Å². The van der Waals surface area contributed by atoms with Crippen LogP contribution in [0.1, 0.15) is 53.0 Å². The van der Waals surface area contributed by atoms with Crippen LogP contribution in [0.5, 0.6) is 5.75 Å². The van der Waals surface area contributed by atoms with E-state index in [1.807, 2.05) is 6.07 Å². The van der Waals surface area contributed by atoms with Crippen molar-refractivity contribution in [1.29, 1.82) is 0 Å². The average molecular weight is 295 g/mol. The van der Waals surface area contributed by atoms with Crippen LogP contribution in [-0.2, 0) is 6.42 Å². The molecular formula is C18H30FNO. The maximum Gasteiger partial charge on any atom is 0.165 e. The van der Waals surface area contributed by atoms with Crippen LogP contribution in [0.4, 0.5) is 4.39 Å². The molecule has 0 aliphatic carbocycles. The second kappa shape index (κ2) is 7.26. The van der Waals surface area contributed by atoms with Gasteiger partial charge in [-0.2, -0.15) is 0 Å². The Bertz CT molecular complexity index is 453. The Kier molecular flexibility index (Phi) is 6.21. The fourth-order valence-corrected chi connectivity index (χ4v) is 2.63. The Balaban J connectivity index is 2.84. The topological polar surface area (TPSA) is 21.3 Å². The highest BCUT2D eigenvalue weighted by Gasteiger charge is 2.26. The van der Waals surface area contributed by atoms with E-state index in [0.29, 0.717) is 5.75 Å². The predicted molar refractivity (Wildman–Crippen MR) is 87.4 cm³/mol. The Morgan fingerprint density at radius 3 is 2.33 bits per heavy atom. The van der Waals surface area contributed by atoms with Crippen LogP contribution in [0, 0.1) is 11.2 Å². The zero-order chi connectivity index (χ0) is 16.1. The van der Waals surface area contributed by atoms with Gasteiger partial charge in [0.25, 0.3) is 0 Å². The predicted octanol–water partition coefficient (Wildman–Crippen LogP) is 4.57. The number of methoxy groups -OCH3 is 1. The first kappa shape index (κ1) is 18.0. The van der Waals surface area contributed by atoms with E-state index in [9.17, 15) is 4.39 Å². The largest absolute Gasteiger partial charge is 0.494 e. The molecular weight excluding hydrogens is 265 g/mol. The molecule has 0 amide bonds. The lowest BCUT2D eigenvalue weighted by molar-refractivity contribution is 0.243. The van der Waals surface area contributed by atoms with E-state index < -0.39 is 0 Å². The van der Waals surface area contributed by atoms with E-state index in [1.54, 1.807) is 12.1 Å². The van der Waals surface area contributed by atoms with E-state index in [2.05, 4.69) is 39.9 Å². The standard InChI is InChI=1S/C18H30FNO/c1-7-10-18(5,13-20-17(2,3)4)12-14-8-9-16(21-6)15(19)11-14/h8-9,11,20H,7,10,12-13H2,1-6H3. The van der Waals surface area contributed by atoms with Crippen molar-refractivity contribution >= 4 is 0 Å². The summed E-state index contributed by atoms with van der Waals surface area (Å²) in [6, 6.07) is 5.28. The van der Waals surface area contributed by atoms with Crippen molar-refractivity contribution in [2.45, 2.75) is 59.4 Å². The van der Waals surface area contributed by atoms with E-state index in [-0.39, 0.29) is 16.8 Å². The number of ether oxygens (including phenoxy) is 1. The number of halogens is 1. The molecule has 0 aliphatic heterocycles. The van der Waals surface area contributed by atoms with Crippen LogP contribution in [0.25, 0.3) is 0 Å². The fourth-order valence-electron chi connectivity index (χ4n) is 2.63. The van der Waals surface area contributed by atoms with Crippen LogP contribution in [-0.4, -0.2) is 19.2 Å². The van der Waals surface area contributed by atoms with Crippen LogP contribution in [0.2, 0.25) is 0 Å². The lowest BCUT2D eigenvalue weighted by atomic mass is 9.79. The van der Waals surface area contributed by atoms with Gasteiger partial charge in [-0.3, -0.25) is 0 Å². The second-order valence-electron chi connectivity index (χ2n) is 7.31. The van der Waals surface area contributed by atoms with Crippen molar-refractivity contribution in [2.24, 2.45) is 5.41 Å². The van der Waals surface area contributed by atoms with E-state index >= 15 is 0 Å². The molecule has 2 nitrogen and oxygen atoms in total. The zero-order valence-electron chi connectivity index (χ0n) is 14.3. The van der Waals surface area contributed by atoms with Crippen LogP contribution < -0.4 is 10.1 Å². The monoisotopic (exact) mass is 295 g/mol. The van der Waals surface area contributed by atoms with Gasteiger partial charge in [-0.25, -0.2) is 4.39 Å². The van der Waals surface area contributed by atoms with Crippen molar-refractivity contribution in [1.82, 2.24) is 5.32 Å². The zero-order valence-corrected chi connectivity index (χ0v) is 14.3. The molecule has 0 radical (unpaired) electrons. The second-order valence-corrected chi connectivity index (χ2v) is 7.31. The lowest BCUT2D eigenvalue weighted by Crippen LogP contribution is -2.43. The summed E-state index contributed by atoms with van der Waals surface area (Å²) in [6.07, 6.45) is 3.11. The van der Waals surface area contributed by atoms with Gasteiger partial charge in [0, 0.05) is 12.1 Å². The molecule has 0 bridgehead atoms. The highest BCUT2D eigenvalue weighted by atomic mass is 19.1. The van der Waals surface area contributed by atoms with Gasteiger partial charge in [0.05, 0.1) is 7.11 Å². The van der Waals surface area contributed by atoms with Crippen molar-refractivity contribution in [3.63, 3.8) is 0 Å². The maximum atomic E-state index is 13.8. The van der Waals surface area contributed by atoms with Crippen molar-refractivity contribution in [3.8, 4) is 5.75 Å². The third-order valence-corrected chi connectivity index (χ3v) is 3.75. The molecule has 0 saturated heterocycles. The molecule has 120 valence electrons. The Hall–Kier alpha value is -1.09. The van der Waals surface area contributed by atoms with Crippen molar-refractivity contribution in [2.75, 3.05) is 13.7 Å². The summed E-state index contributed by atoms with van der Waals surface area (Å²) in [5.41, 5.74) is 1.25. The first-order chi connectivity index (χ1) is 9.69. The first-order valence-electron chi connectivity index (χ1n) is 7.76. The quantitative estimate of drug-likeness (QED) is 0.795. The molecule has 1 aromatic carbocycles. The minimum absolute atomic E-state index is 0.0974. The van der Waals surface area contributed by atoms with Gasteiger partial charge in [0.15, 0.2) is 11.6 Å². The Morgan fingerprint density at radius 2 is 1.86 bits per heavy atom. The van der Waals surface area contributed by atoms with E-state index in [1.165, 1.54) is 7.11 Å². The number of hydrogen-bond donors (Lipinski definition) is 1. The summed E-state index contributed by atoms with van der Waals surface area (Å²) in [5.74, 6) is 0.0291. The molecule has 0 fully saturated rings. The molecule has 1 N–H and O–H groups in total. The molecule has 0 heterocycles. The smallest absolute Gasteiger partial charge is 0.165 e. The molecule has 0 spiro atoms. The number of rotatable bonds is 7. The first-order valence-corrected chi connectivity index (χ1v) is 7.76. The van der Waals surface area contributed by atoms with Crippen molar-refractivity contribution in [3.05, 3.63) is 29.6 Å². The van der Waals surface area contributed by atoms with Crippen LogP contribution >= 0.6 is 0 Å². The molecule has 0 aliphatic rings. The van der Waals surface area contributed by atoms with Gasteiger partial charge >= 0.3 is 0 Å². The Labute approximate surface area is 129 Å². The number of nitrogens with one attached hydrogen (secondary N) is 1. The summed E-state index contributed by atoms with van der Waals surface area (Å²) in [4.78, 5) is 0. The highest BCUT2D eigenvalue weighted by Crippen LogP contribution is 2.30. The fraction of sp³-hybridized carbons (Fsp3) is 0.667. The van der Waals surface area contributed by atoms with Gasteiger partial charge in [0.1, 0.15) is 0 Å². The molecule has 1 atom stereocenters. The van der Waals surface area contributed by atoms with Gasteiger partial charge in [-0.05, 0) is 56.7 Å². The summed E-state index contributed by atoms with van der Waals surface area (Å²) < 4.78 is 18.8. The molecule has 21 heavy (non-hydrogen) atoms. The van der Waals surface area contributed by atoms with Gasteiger partial charge in [0.2, 0.25) is 0 Å². The highest BCUT2D eigenvalue weighted by molar-refractivity contribution is 5.30. The van der Waals surface area contributed by atoms with Gasteiger partial charge in [-0.15, -0.1) is 0 Å². The third kappa shape index (κ3) is 6.04.